The maximum absolute atomic E-state index is 12.2. The second kappa shape index (κ2) is 7.61. The highest BCUT2D eigenvalue weighted by molar-refractivity contribution is 7.92. The second-order valence-corrected chi connectivity index (χ2v) is 9.78. The molecule has 1 aromatic carbocycles. The Hall–Kier alpha value is -0.580. The minimum Gasteiger partial charge on any atom is -0.319 e. The summed E-state index contributed by atoms with van der Waals surface area (Å²) in [5.41, 5.74) is 1.15. The molecule has 1 aromatic rings. The summed E-state index contributed by atoms with van der Waals surface area (Å²) in [4.78, 5) is 0. The predicted molar refractivity (Wildman–Crippen MR) is 90.7 cm³/mol. The van der Waals surface area contributed by atoms with Gasteiger partial charge in [-0.15, -0.1) is 0 Å². The first-order chi connectivity index (χ1) is 9.65. The zero-order chi connectivity index (χ0) is 16.1. The Bertz CT molecular complexity index is 550. The van der Waals surface area contributed by atoms with Gasteiger partial charge < -0.3 is 5.32 Å². The van der Waals surface area contributed by atoms with Gasteiger partial charge in [0.2, 0.25) is 0 Å². The lowest BCUT2D eigenvalue weighted by molar-refractivity contribution is 0.474. The van der Waals surface area contributed by atoms with Crippen molar-refractivity contribution in [3.05, 3.63) is 34.9 Å². The Labute approximate surface area is 134 Å². The van der Waals surface area contributed by atoms with Crippen molar-refractivity contribution in [1.29, 1.82) is 0 Å². The fourth-order valence-electron chi connectivity index (χ4n) is 2.19. The van der Waals surface area contributed by atoms with E-state index in [0.717, 1.165) is 23.6 Å². The van der Waals surface area contributed by atoms with Crippen LogP contribution in [0.1, 0.15) is 32.8 Å². The van der Waals surface area contributed by atoms with E-state index >= 15 is 0 Å². The van der Waals surface area contributed by atoms with Gasteiger partial charge in [0, 0.05) is 5.02 Å². The van der Waals surface area contributed by atoms with E-state index in [9.17, 15) is 8.42 Å². The smallest absolute Gasteiger partial charge is 0.155 e. The number of benzene rings is 1. The van der Waals surface area contributed by atoms with Crippen molar-refractivity contribution in [3.8, 4) is 0 Å². The molecule has 0 aliphatic heterocycles. The Kier molecular flexibility index (Phi) is 6.70. The first-order valence-electron chi connectivity index (χ1n) is 7.27. The molecule has 0 amide bonds. The number of halogens is 1. The second-order valence-electron chi connectivity index (χ2n) is 6.48. The van der Waals surface area contributed by atoms with Gasteiger partial charge in [-0.3, -0.25) is 0 Å². The Morgan fingerprint density at radius 2 is 1.95 bits per heavy atom. The molecule has 0 bridgehead atoms. The van der Waals surface area contributed by atoms with Gasteiger partial charge in [-0.1, -0.05) is 23.7 Å². The van der Waals surface area contributed by atoms with Gasteiger partial charge >= 0.3 is 0 Å². The van der Waals surface area contributed by atoms with E-state index in [1.165, 1.54) is 0 Å². The van der Waals surface area contributed by atoms with Gasteiger partial charge in [0.25, 0.3) is 0 Å². The summed E-state index contributed by atoms with van der Waals surface area (Å²) in [5.74, 6) is 0.509. The lowest BCUT2D eigenvalue weighted by Gasteiger charge is -2.22. The SMILES string of the molecule is CNCC(CCS(=O)(=O)C(C)(C)C)Cc1cccc(Cl)c1. The van der Waals surface area contributed by atoms with E-state index in [2.05, 4.69) is 5.32 Å². The number of hydrogen-bond acceptors (Lipinski definition) is 3. The third-order valence-corrected chi connectivity index (χ3v) is 6.51. The molecule has 3 nitrogen and oxygen atoms in total. The number of hydrogen-bond donors (Lipinski definition) is 1. The van der Waals surface area contributed by atoms with Crippen LogP contribution >= 0.6 is 11.6 Å². The van der Waals surface area contributed by atoms with E-state index in [-0.39, 0.29) is 11.7 Å². The summed E-state index contributed by atoms with van der Waals surface area (Å²) >= 11 is 6.00. The topological polar surface area (TPSA) is 46.2 Å². The van der Waals surface area contributed by atoms with Gasteiger partial charge in [-0.05, 0) is 70.8 Å². The van der Waals surface area contributed by atoms with Crippen LogP contribution < -0.4 is 5.32 Å². The third kappa shape index (κ3) is 5.97. The van der Waals surface area contributed by atoms with Crippen molar-refractivity contribution in [2.24, 2.45) is 5.92 Å². The van der Waals surface area contributed by atoms with Crippen molar-refractivity contribution < 1.29 is 8.42 Å². The van der Waals surface area contributed by atoms with Crippen LogP contribution in [-0.4, -0.2) is 32.5 Å². The Morgan fingerprint density at radius 3 is 2.48 bits per heavy atom. The highest BCUT2D eigenvalue weighted by Gasteiger charge is 2.29. The van der Waals surface area contributed by atoms with Crippen molar-refractivity contribution in [3.63, 3.8) is 0 Å². The van der Waals surface area contributed by atoms with Gasteiger partial charge in [0.15, 0.2) is 9.84 Å². The quantitative estimate of drug-likeness (QED) is 0.833. The molecule has 1 unspecified atom stereocenters. The molecule has 1 rings (SSSR count). The monoisotopic (exact) mass is 331 g/mol. The maximum atomic E-state index is 12.2. The molecule has 0 spiro atoms. The number of sulfone groups is 1. The van der Waals surface area contributed by atoms with Crippen LogP contribution in [-0.2, 0) is 16.3 Å². The zero-order valence-corrected chi connectivity index (χ0v) is 14.9. The number of rotatable bonds is 7. The summed E-state index contributed by atoms with van der Waals surface area (Å²) in [6.45, 7) is 6.07. The van der Waals surface area contributed by atoms with Crippen molar-refractivity contribution in [2.45, 2.75) is 38.4 Å². The molecule has 1 atom stereocenters. The van der Waals surface area contributed by atoms with E-state index in [4.69, 9.17) is 11.6 Å². The minimum absolute atomic E-state index is 0.226. The van der Waals surface area contributed by atoms with Gasteiger partial charge in [-0.25, -0.2) is 8.42 Å². The van der Waals surface area contributed by atoms with Crippen LogP contribution in [0, 0.1) is 5.92 Å². The van der Waals surface area contributed by atoms with E-state index in [1.807, 2.05) is 31.3 Å². The average molecular weight is 332 g/mol. The highest BCUT2D eigenvalue weighted by Crippen LogP contribution is 2.21. The molecule has 21 heavy (non-hydrogen) atoms. The fraction of sp³-hybridized carbons (Fsp3) is 0.625. The minimum atomic E-state index is -3.07. The van der Waals surface area contributed by atoms with Crippen molar-refractivity contribution >= 4 is 21.4 Å². The lowest BCUT2D eigenvalue weighted by atomic mass is 9.97. The van der Waals surface area contributed by atoms with Crippen molar-refractivity contribution in [1.82, 2.24) is 5.32 Å². The molecule has 0 radical (unpaired) electrons. The predicted octanol–water partition coefficient (Wildman–Crippen LogP) is 3.32. The van der Waals surface area contributed by atoms with Crippen molar-refractivity contribution in [2.75, 3.05) is 19.3 Å². The Balaban J connectivity index is 2.71. The van der Waals surface area contributed by atoms with Gasteiger partial charge in [-0.2, -0.15) is 0 Å². The molecule has 1 N–H and O–H groups in total. The molecular weight excluding hydrogens is 306 g/mol. The average Bonchev–Trinajstić information content (AvgIpc) is 2.35. The maximum Gasteiger partial charge on any atom is 0.155 e. The van der Waals surface area contributed by atoms with Crippen LogP contribution in [0.5, 0.6) is 0 Å². The van der Waals surface area contributed by atoms with Crippen LogP contribution in [0.2, 0.25) is 5.02 Å². The molecule has 0 aliphatic carbocycles. The molecule has 0 heterocycles. The lowest BCUT2D eigenvalue weighted by Crippen LogP contribution is -2.32. The van der Waals surface area contributed by atoms with Gasteiger partial charge in [0.1, 0.15) is 0 Å². The molecule has 0 saturated heterocycles. The van der Waals surface area contributed by atoms with E-state index in [0.29, 0.717) is 6.42 Å². The summed E-state index contributed by atoms with van der Waals surface area (Å²) in [5, 5.41) is 3.87. The van der Waals surface area contributed by atoms with Crippen LogP contribution in [0.3, 0.4) is 0 Å². The first-order valence-corrected chi connectivity index (χ1v) is 9.30. The zero-order valence-electron chi connectivity index (χ0n) is 13.3. The molecule has 0 fully saturated rings. The summed E-state index contributed by atoms with van der Waals surface area (Å²) in [7, 11) is -1.17. The first kappa shape index (κ1) is 18.5. The summed E-state index contributed by atoms with van der Waals surface area (Å²) < 4.78 is 23.8. The molecule has 0 aromatic heterocycles. The van der Waals surface area contributed by atoms with Crippen LogP contribution in [0.15, 0.2) is 24.3 Å². The van der Waals surface area contributed by atoms with Crippen LogP contribution in [0.4, 0.5) is 0 Å². The molecule has 0 saturated carbocycles. The summed E-state index contributed by atoms with van der Waals surface area (Å²) in [6.07, 6.45) is 1.49. The standard InChI is InChI=1S/C16H26ClNO2S/c1-16(2,3)21(19,20)9-8-14(12-18-4)10-13-6-5-7-15(17)11-13/h5-7,11,14,18H,8-10,12H2,1-4H3. The third-order valence-electron chi connectivity index (χ3n) is 3.63. The fourth-order valence-corrected chi connectivity index (χ4v) is 3.66. The van der Waals surface area contributed by atoms with E-state index < -0.39 is 14.6 Å². The molecule has 120 valence electrons. The highest BCUT2D eigenvalue weighted by atomic mass is 35.5. The number of nitrogens with one attached hydrogen (secondary N) is 1. The van der Waals surface area contributed by atoms with E-state index in [1.54, 1.807) is 20.8 Å². The summed E-state index contributed by atoms with van der Waals surface area (Å²) in [6, 6.07) is 7.76. The molecule has 0 aliphatic rings. The van der Waals surface area contributed by atoms with Crippen LogP contribution in [0.25, 0.3) is 0 Å². The Morgan fingerprint density at radius 1 is 1.29 bits per heavy atom. The van der Waals surface area contributed by atoms with Gasteiger partial charge in [0.05, 0.1) is 10.5 Å². The largest absolute Gasteiger partial charge is 0.319 e. The molecular formula is C16H26ClNO2S. The normalized spacial score (nSPS) is 14.1. The molecule has 5 heteroatoms.